The number of piperazine rings is 1. The van der Waals surface area contributed by atoms with Crippen molar-refractivity contribution in [2.24, 2.45) is 0 Å². The average Bonchev–Trinajstić information content (AvgIpc) is 2.85. The van der Waals surface area contributed by atoms with Crippen molar-refractivity contribution in [3.8, 4) is 0 Å². The minimum Gasteiger partial charge on any atom is -0.298 e. The third-order valence-corrected chi connectivity index (χ3v) is 8.85. The summed E-state index contributed by atoms with van der Waals surface area (Å²) in [6.07, 6.45) is 1.82. The van der Waals surface area contributed by atoms with Crippen molar-refractivity contribution in [3.05, 3.63) is 78.4 Å². The molecular formula is C26H31N3O2S. The van der Waals surface area contributed by atoms with Crippen molar-refractivity contribution in [2.75, 3.05) is 39.3 Å². The fourth-order valence-corrected chi connectivity index (χ4v) is 6.56. The maximum absolute atomic E-state index is 13.2. The summed E-state index contributed by atoms with van der Waals surface area (Å²) >= 11 is 0. The number of hydrogen-bond acceptors (Lipinski definition) is 4. The van der Waals surface area contributed by atoms with Crippen LogP contribution in [-0.4, -0.2) is 67.8 Å². The van der Waals surface area contributed by atoms with Gasteiger partial charge in [-0.3, -0.25) is 9.80 Å². The summed E-state index contributed by atoms with van der Waals surface area (Å²) in [6.45, 7) is 6.49. The molecule has 6 heteroatoms. The predicted octanol–water partition coefficient (Wildman–Crippen LogP) is 3.81. The SMILES string of the molecule is O=S(=O)(c1ccc2ccccc2c1)N1CCC(N2CCN(Cc3ccccc3)CC2)CC1. The zero-order valence-electron chi connectivity index (χ0n) is 18.4. The summed E-state index contributed by atoms with van der Waals surface area (Å²) in [4.78, 5) is 5.50. The maximum atomic E-state index is 13.2. The number of rotatable bonds is 5. The summed E-state index contributed by atoms with van der Waals surface area (Å²) in [6, 6.07) is 24.5. The molecule has 5 rings (SSSR count). The van der Waals surface area contributed by atoms with Crippen molar-refractivity contribution in [1.82, 2.24) is 14.1 Å². The molecule has 0 bridgehead atoms. The molecule has 168 valence electrons. The Bertz CT molecular complexity index is 1150. The highest BCUT2D eigenvalue weighted by molar-refractivity contribution is 7.89. The minimum atomic E-state index is -3.44. The molecule has 2 aliphatic rings. The highest BCUT2D eigenvalue weighted by Gasteiger charge is 2.32. The quantitative estimate of drug-likeness (QED) is 0.594. The van der Waals surface area contributed by atoms with E-state index >= 15 is 0 Å². The van der Waals surface area contributed by atoms with Crippen LogP contribution in [0.25, 0.3) is 10.8 Å². The van der Waals surface area contributed by atoms with Crippen LogP contribution in [0.3, 0.4) is 0 Å². The molecule has 32 heavy (non-hydrogen) atoms. The van der Waals surface area contributed by atoms with Gasteiger partial charge in [-0.05, 0) is 41.3 Å². The van der Waals surface area contributed by atoms with Gasteiger partial charge in [0.25, 0.3) is 0 Å². The number of nitrogens with zero attached hydrogens (tertiary/aromatic N) is 3. The van der Waals surface area contributed by atoms with E-state index in [9.17, 15) is 8.42 Å². The molecule has 0 atom stereocenters. The Hall–Kier alpha value is -2.25. The van der Waals surface area contributed by atoms with Crippen LogP contribution < -0.4 is 0 Å². The van der Waals surface area contributed by atoms with Gasteiger partial charge in [0.15, 0.2) is 0 Å². The van der Waals surface area contributed by atoms with E-state index in [1.54, 1.807) is 10.4 Å². The van der Waals surface area contributed by atoms with E-state index in [4.69, 9.17) is 0 Å². The van der Waals surface area contributed by atoms with Crippen molar-refractivity contribution in [1.29, 1.82) is 0 Å². The van der Waals surface area contributed by atoms with Crippen molar-refractivity contribution >= 4 is 20.8 Å². The Morgan fingerprint density at radius 3 is 2.09 bits per heavy atom. The number of sulfonamides is 1. The van der Waals surface area contributed by atoms with Crippen LogP contribution in [0.1, 0.15) is 18.4 Å². The van der Waals surface area contributed by atoms with E-state index in [1.807, 2.05) is 36.4 Å². The number of fused-ring (bicyclic) bond motifs is 1. The zero-order chi connectivity index (χ0) is 22.0. The molecule has 2 saturated heterocycles. The molecule has 3 aromatic carbocycles. The van der Waals surface area contributed by atoms with E-state index in [1.165, 1.54) is 5.56 Å². The first-order chi connectivity index (χ1) is 15.6. The van der Waals surface area contributed by atoms with Crippen LogP contribution in [0.5, 0.6) is 0 Å². The van der Waals surface area contributed by atoms with Crippen LogP contribution in [-0.2, 0) is 16.6 Å². The Kier molecular flexibility index (Phi) is 6.28. The van der Waals surface area contributed by atoms with E-state index < -0.39 is 10.0 Å². The first kappa shape index (κ1) is 21.6. The zero-order valence-corrected chi connectivity index (χ0v) is 19.3. The summed E-state index contributed by atoms with van der Waals surface area (Å²) < 4.78 is 28.2. The van der Waals surface area contributed by atoms with Gasteiger partial charge in [0.05, 0.1) is 4.90 Å². The summed E-state index contributed by atoms with van der Waals surface area (Å²) in [7, 11) is -3.44. The van der Waals surface area contributed by atoms with Crippen molar-refractivity contribution < 1.29 is 8.42 Å². The Morgan fingerprint density at radius 1 is 0.719 bits per heavy atom. The molecule has 0 saturated carbocycles. The Morgan fingerprint density at radius 2 is 1.38 bits per heavy atom. The lowest BCUT2D eigenvalue weighted by atomic mass is 10.0. The molecule has 0 N–H and O–H groups in total. The summed E-state index contributed by atoms with van der Waals surface area (Å²) in [5, 5.41) is 2.04. The van der Waals surface area contributed by atoms with Gasteiger partial charge in [-0.2, -0.15) is 4.31 Å². The topological polar surface area (TPSA) is 43.9 Å². The third-order valence-electron chi connectivity index (χ3n) is 6.95. The minimum absolute atomic E-state index is 0.407. The lowest BCUT2D eigenvalue weighted by Crippen LogP contribution is -2.53. The van der Waals surface area contributed by atoms with Crippen LogP contribution in [0.15, 0.2) is 77.7 Å². The molecule has 0 spiro atoms. The first-order valence-corrected chi connectivity index (χ1v) is 13.0. The smallest absolute Gasteiger partial charge is 0.243 e. The van der Waals surface area contributed by atoms with Crippen LogP contribution in [0.2, 0.25) is 0 Å². The molecule has 0 unspecified atom stereocenters. The van der Waals surface area contributed by atoms with Crippen molar-refractivity contribution in [2.45, 2.75) is 30.3 Å². The molecule has 5 nitrogen and oxygen atoms in total. The standard InChI is InChI=1S/C26H31N3O2S/c30-32(31,26-11-10-23-8-4-5-9-24(23)20-26)29-14-12-25(13-15-29)28-18-16-27(17-19-28)21-22-6-2-1-3-7-22/h1-11,20,25H,12-19,21H2. The van der Waals surface area contributed by atoms with Gasteiger partial charge in [-0.15, -0.1) is 0 Å². The molecule has 2 heterocycles. The highest BCUT2D eigenvalue weighted by atomic mass is 32.2. The van der Waals surface area contributed by atoms with Gasteiger partial charge in [0.2, 0.25) is 10.0 Å². The van der Waals surface area contributed by atoms with E-state index in [-0.39, 0.29) is 0 Å². The second-order valence-electron chi connectivity index (χ2n) is 8.94. The molecular weight excluding hydrogens is 418 g/mol. The number of hydrogen-bond donors (Lipinski definition) is 0. The average molecular weight is 450 g/mol. The Labute approximate surface area is 191 Å². The number of benzene rings is 3. The van der Waals surface area contributed by atoms with Crippen LogP contribution in [0.4, 0.5) is 0 Å². The highest BCUT2D eigenvalue weighted by Crippen LogP contribution is 2.26. The fraction of sp³-hybridized carbons (Fsp3) is 0.385. The number of piperidine rings is 1. The molecule has 3 aromatic rings. The normalized spacial score (nSPS) is 20.0. The Balaban J connectivity index is 1.16. The van der Waals surface area contributed by atoms with Crippen LogP contribution >= 0.6 is 0 Å². The van der Waals surface area contributed by atoms with Gasteiger partial charge >= 0.3 is 0 Å². The van der Waals surface area contributed by atoms with E-state index in [2.05, 4.69) is 40.1 Å². The lowest BCUT2D eigenvalue weighted by molar-refractivity contribution is 0.0694. The monoisotopic (exact) mass is 449 g/mol. The lowest BCUT2D eigenvalue weighted by Gasteiger charge is -2.42. The van der Waals surface area contributed by atoms with Gasteiger partial charge < -0.3 is 0 Å². The molecule has 2 fully saturated rings. The second kappa shape index (κ2) is 9.32. The van der Waals surface area contributed by atoms with E-state index in [0.717, 1.165) is 56.3 Å². The maximum Gasteiger partial charge on any atom is 0.243 e. The predicted molar refractivity (Wildman–Crippen MR) is 129 cm³/mol. The summed E-state index contributed by atoms with van der Waals surface area (Å²) in [5.74, 6) is 0. The van der Waals surface area contributed by atoms with Gasteiger partial charge in [-0.25, -0.2) is 8.42 Å². The van der Waals surface area contributed by atoms with Gasteiger partial charge in [0, 0.05) is 51.9 Å². The molecule has 2 aliphatic heterocycles. The second-order valence-corrected chi connectivity index (χ2v) is 10.9. The fourth-order valence-electron chi connectivity index (χ4n) is 5.05. The summed E-state index contributed by atoms with van der Waals surface area (Å²) in [5.41, 5.74) is 1.37. The van der Waals surface area contributed by atoms with Crippen LogP contribution in [0, 0.1) is 0 Å². The molecule has 0 aliphatic carbocycles. The van der Waals surface area contributed by atoms with Gasteiger partial charge in [0.1, 0.15) is 0 Å². The largest absolute Gasteiger partial charge is 0.298 e. The van der Waals surface area contributed by atoms with E-state index in [0.29, 0.717) is 24.0 Å². The molecule has 0 amide bonds. The first-order valence-electron chi connectivity index (χ1n) is 11.6. The molecule has 0 aromatic heterocycles. The third kappa shape index (κ3) is 4.59. The van der Waals surface area contributed by atoms with Gasteiger partial charge in [-0.1, -0.05) is 60.7 Å². The van der Waals surface area contributed by atoms with Crippen molar-refractivity contribution in [3.63, 3.8) is 0 Å². The molecule has 0 radical (unpaired) electrons.